The van der Waals surface area contributed by atoms with E-state index in [-0.39, 0.29) is 5.41 Å². The molecule has 0 saturated carbocycles. The van der Waals surface area contributed by atoms with Gasteiger partial charge in [0.05, 0.1) is 16.8 Å². The van der Waals surface area contributed by atoms with Crippen LogP contribution in [0.3, 0.4) is 0 Å². The summed E-state index contributed by atoms with van der Waals surface area (Å²) in [5, 5.41) is 2.23. The molecule has 1 aliphatic heterocycles. The molecule has 1 spiro atoms. The standard InChI is InChI=1S/C62H42N2O2/c1-61(2)48-25-7-9-27-50(48)62(51-28-10-8-26-49(51)61)52-29-11-13-32-57(52)66-59-45(23-16-30-53(59)62)42-19-14-20-43(37-42)55-38-54(63-60(64-55)41-17-4-3-5-18-41)40-35-33-39(34-36-40)44-22-15-24-47-46-21-6-12-31-56(46)65-58(44)47/h3-38H,1-2H3. The lowest BCUT2D eigenvalue weighted by Gasteiger charge is -2.50. The van der Waals surface area contributed by atoms with Crippen LogP contribution < -0.4 is 4.74 Å². The van der Waals surface area contributed by atoms with E-state index in [9.17, 15) is 0 Å². The maximum Gasteiger partial charge on any atom is 0.160 e. The molecule has 4 heteroatoms. The second-order valence-corrected chi connectivity index (χ2v) is 18.0. The number of para-hydroxylation sites is 4. The smallest absolute Gasteiger partial charge is 0.160 e. The number of ether oxygens (including phenoxy) is 1. The molecule has 3 heterocycles. The lowest BCUT2D eigenvalue weighted by Crippen LogP contribution is -2.43. The molecule has 0 radical (unpaired) electrons. The Morgan fingerprint density at radius 1 is 0.379 bits per heavy atom. The molecule has 66 heavy (non-hydrogen) atoms. The summed E-state index contributed by atoms with van der Waals surface area (Å²) in [5.74, 6) is 2.40. The predicted octanol–water partition coefficient (Wildman–Crippen LogP) is 15.8. The highest BCUT2D eigenvalue weighted by Gasteiger charge is 2.53. The summed E-state index contributed by atoms with van der Waals surface area (Å²) >= 11 is 0. The van der Waals surface area contributed by atoms with E-state index in [0.29, 0.717) is 5.82 Å². The van der Waals surface area contributed by atoms with Crippen LogP contribution in [0.15, 0.2) is 223 Å². The third-order valence-corrected chi connectivity index (χ3v) is 14.1. The fourth-order valence-corrected chi connectivity index (χ4v) is 11.0. The average Bonchev–Trinajstić information content (AvgIpc) is 3.77. The molecular formula is C62H42N2O2. The van der Waals surface area contributed by atoms with E-state index in [2.05, 4.69) is 202 Å². The maximum atomic E-state index is 7.12. The molecule has 9 aromatic carbocycles. The summed E-state index contributed by atoms with van der Waals surface area (Å²) < 4.78 is 13.5. The molecule has 0 fully saturated rings. The van der Waals surface area contributed by atoms with E-state index >= 15 is 0 Å². The highest BCUT2D eigenvalue weighted by atomic mass is 16.5. The predicted molar refractivity (Wildman–Crippen MR) is 267 cm³/mol. The quantitative estimate of drug-likeness (QED) is 0.173. The molecule has 0 N–H and O–H groups in total. The van der Waals surface area contributed by atoms with Gasteiger partial charge in [-0.1, -0.05) is 208 Å². The summed E-state index contributed by atoms with van der Waals surface area (Å²) in [7, 11) is 0. The second-order valence-electron chi connectivity index (χ2n) is 18.0. The van der Waals surface area contributed by atoms with Gasteiger partial charge in [0, 0.05) is 55.1 Å². The van der Waals surface area contributed by atoms with Crippen molar-refractivity contribution in [3.8, 4) is 67.7 Å². The van der Waals surface area contributed by atoms with Gasteiger partial charge in [-0.3, -0.25) is 0 Å². The van der Waals surface area contributed by atoms with Gasteiger partial charge in [0.2, 0.25) is 0 Å². The largest absolute Gasteiger partial charge is 0.456 e. The molecule has 11 aromatic rings. The lowest BCUT2D eigenvalue weighted by atomic mass is 9.53. The molecule has 0 atom stereocenters. The zero-order valence-corrected chi connectivity index (χ0v) is 36.5. The van der Waals surface area contributed by atoms with Crippen LogP contribution in [0.25, 0.3) is 78.1 Å². The van der Waals surface area contributed by atoms with Crippen molar-refractivity contribution < 1.29 is 9.15 Å². The molecule has 2 aliphatic rings. The first-order valence-electron chi connectivity index (χ1n) is 22.6. The minimum Gasteiger partial charge on any atom is -0.456 e. The topological polar surface area (TPSA) is 48.2 Å². The fraction of sp³-hybridized carbons (Fsp3) is 0.0645. The summed E-state index contributed by atoms with van der Waals surface area (Å²) in [6, 6.07) is 77.5. The zero-order chi connectivity index (χ0) is 44.0. The molecule has 0 saturated heterocycles. The Bertz CT molecular complexity index is 3660. The first kappa shape index (κ1) is 38.1. The van der Waals surface area contributed by atoms with Gasteiger partial charge < -0.3 is 9.15 Å². The third-order valence-electron chi connectivity index (χ3n) is 14.1. The zero-order valence-electron chi connectivity index (χ0n) is 36.5. The van der Waals surface area contributed by atoms with Gasteiger partial charge in [-0.2, -0.15) is 0 Å². The molecule has 13 rings (SSSR count). The summed E-state index contributed by atoms with van der Waals surface area (Å²) in [5.41, 5.74) is 17.3. The molecule has 0 amide bonds. The maximum absolute atomic E-state index is 7.12. The Hall–Kier alpha value is -8.34. The van der Waals surface area contributed by atoms with Crippen molar-refractivity contribution in [1.82, 2.24) is 9.97 Å². The molecular weight excluding hydrogens is 805 g/mol. The van der Waals surface area contributed by atoms with Crippen LogP contribution in [0.2, 0.25) is 0 Å². The Labute approximate surface area is 383 Å². The Balaban J connectivity index is 0.950. The van der Waals surface area contributed by atoms with Crippen LogP contribution in [0.4, 0.5) is 0 Å². The minimum atomic E-state index is -0.596. The van der Waals surface area contributed by atoms with Gasteiger partial charge in [0.1, 0.15) is 22.7 Å². The number of fused-ring (bicyclic) bond motifs is 11. The fourth-order valence-electron chi connectivity index (χ4n) is 11.0. The number of aromatic nitrogens is 2. The molecule has 1 aliphatic carbocycles. The highest BCUT2D eigenvalue weighted by Crippen LogP contribution is 2.62. The summed E-state index contributed by atoms with van der Waals surface area (Å²) in [4.78, 5) is 10.4. The minimum absolute atomic E-state index is 0.196. The van der Waals surface area contributed by atoms with Crippen LogP contribution in [0.1, 0.15) is 47.2 Å². The highest BCUT2D eigenvalue weighted by molar-refractivity contribution is 6.09. The van der Waals surface area contributed by atoms with Crippen molar-refractivity contribution in [3.63, 3.8) is 0 Å². The van der Waals surface area contributed by atoms with Crippen molar-refractivity contribution in [3.05, 3.63) is 252 Å². The van der Waals surface area contributed by atoms with Crippen LogP contribution in [-0.2, 0) is 10.8 Å². The van der Waals surface area contributed by atoms with Gasteiger partial charge in [0.15, 0.2) is 5.82 Å². The van der Waals surface area contributed by atoms with Crippen LogP contribution in [0.5, 0.6) is 11.5 Å². The van der Waals surface area contributed by atoms with Crippen molar-refractivity contribution >= 4 is 21.9 Å². The van der Waals surface area contributed by atoms with E-state index < -0.39 is 5.41 Å². The molecule has 2 aromatic heterocycles. The lowest BCUT2D eigenvalue weighted by molar-refractivity contribution is 0.427. The van der Waals surface area contributed by atoms with Gasteiger partial charge >= 0.3 is 0 Å². The number of benzene rings is 9. The Morgan fingerprint density at radius 2 is 0.924 bits per heavy atom. The van der Waals surface area contributed by atoms with E-state index in [1.165, 1.54) is 22.3 Å². The summed E-state index contributed by atoms with van der Waals surface area (Å²) in [6.07, 6.45) is 0. The monoisotopic (exact) mass is 846 g/mol. The van der Waals surface area contributed by atoms with Crippen LogP contribution in [0, 0.1) is 0 Å². The van der Waals surface area contributed by atoms with Crippen molar-refractivity contribution in [2.75, 3.05) is 0 Å². The molecule has 312 valence electrons. The van der Waals surface area contributed by atoms with E-state index in [1.807, 2.05) is 30.3 Å². The average molecular weight is 847 g/mol. The van der Waals surface area contributed by atoms with E-state index in [0.717, 1.165) is 94.9 Å². The summed E-state index contributed by atoms with van der Waals surface area (Å²) in [6.45, 7) is 4.71. The number of furan rings is 1. The van der Waals surface area contributed by atoms with Crippen molar-refractivity contribution in [2.24, 2.45) is 0 Å². The van der Waals surface area contributed by atoms with Gasteiger partial charge in [-0.05, 0) is 57.6 Å². The molecule has 0 bridgehead atoms. The Kier molecular flexibility index (Phi) is 8.44. The first-order chi connectivity index (χ1) is 32.5. The number of nitrogens with zero attached hydrogens (tertiary/aromatic N) is 2. The van der Waals surface area contributed by atoms with Gasteiger partial charge in [0.25, 0.3) is 0 Å². The number of hydrogen-bond donors (Lipinski definition) is 0. The van der Waals surface area contributed by atoms with Crippen molar-refractivity contribution in [1.29, 1.82) is 0 Å². The molecule has 4 nitrogen and oxygen atoms in total. The number of rotatable bonds is 5. The van der Waals surface area contributed by atoms with Crippen LogP contribution in [-0.4, -0.2) is 9.97 Å². The number of hydrogen-bond acceptors (Lipinski definition) is 4. The third kappa shape index (κ3) is 5.64. The molecule has 0 unspecified atom stereocenters. The van der Waals surface area contributed by atoms with Gasteiger partial charge in [-0.25, -0.2) is 9.97 Å². The normalized spacial score (nSPS) is 14.0. The first-order valence-corrected chi connectivity index (χ1v) is 22.6. The van der Waals surface area contributed by atoms with E-state index in [4.69, 9.17) is 19.1 Å². The van der Waals surface area contributed by atoms with Crippen molar-refractivity contribution in [2.45, 2.75) is 24.7 Å². The Morgan fingerprint density at radius 3 is 1.70 bits per heavy atom. The van der Waals surface area contributed by atoms with Crippen LogP contribution >= 0.6 is 0 Å². The van der Waals surface area contributed by atoms with Gasteiger partial charge in [-0.15, -0.1) is 0 Å². The van der Waals surface area contributed by atoms with E-state index in [1.54, 1.807) is 0 Å². The SMILES string of the molecule is CC1(C)c2ccccc2C2(c3ccccc3Oc3c(-c4cccc(-c5cc(-c6ccc(-c7cccc8c7oc7ccccc78)cc6)nc(-c6ccccc6)n5)c4)cccc32)c2ccccc21. The second kappa shape index (κ2) is 14.6.